The second-order valence-corrected chi connectivity index (χ2v) is 7.37. The van der Waals surface area contributed by atoms with Crippen LogP contribution in [0.2, 0.25) is 10.0 Å². The van der Waals surface area contributed by atoms with Crippen molar-refractivity contribution in [2.75, 3.05) is 51.3 Å². The van der Waals surface area contributed by atoms with E-state index in [9.17, 15) is 5.11 Å². The molecule has 1 saturated heterocycles. The quantitative estimate of drug-likeness (QED) is 0.755. The molecular weight excluding hydrogens is 387 g/mol. The zero-order valence-corrected chi connectivity index (χ0v) is 16.8. The van der Waals surface area contributed by atoms with Crippen molar-refractivity contribution in [3.05, 3.63) is 52.5 Å². The summed E-state index contributed by atoms with van der Waals surface area (Å²) in [7, 11) is 1.68. The van der Waals surface area contributed by atoms with Gasteiger partial charge in [0, 0.05) is 55.6 Å². The van der Waals surface area contributed by atoms with Gasteiger partial charge in [-0.2, -0.15) is 0 Å². The summed E-state index contributed by atoms with van der Waals surface area (Å²) >= 11 is 12.0. The lowest BCUT2D eigenvalue weighted by atomic mass is 10.2. The Morgan fingerprint density at radius 1 is 1.07 bits per heavy atom. The van der Waals surface area contributed by atoms with E-state index in [4.69, 9.17) is 32.7 Å². The Hall–Kier alpha value is -1.66. The van der Waals surface area contributed by atoms with E-state index in [-0.39, 0.29) is 6.61 Å². The molecule has 3 rings (SSSR count). The van der Waals surface area contributed by atoms with Crippen molar-refractivity contribution in [1.29, 1.82) is 0 Å². The second kappa shape index (κ2) is 9.51. The molecule has 27 heavy (non-hydrogen) atoms. The Labute approximate surface area is 170 Å². The van der Waals surface area contributed by atoms with Crippen molar-refractivity contribution in [3.63, 3.8) is 0 Å². The molecule has 146 valence electrons. The highest BCUT2D eigenvalue weighted by Crippen LogP contribution is 2.28. The lowest BCUT2D eigenvalue weighted by Gasteiger charge is -2.37. The van der Waals surface area contributed by atoms with Gasteiger partial charge in [0.2, 0.25) is 0 Å². The number of methoxy groups -OCH3 is 1. The third-order valence-corrected chi connectivity index (χ3v) is 5.13. The number of benzene rings is 2. The molecule has 0 bridgehead atoms. The fourth-order valence-electron chi connectivity index (χ4n) is 3.12. The summed E-state index contributed by atoms with van der Waals surface area (Å²) in [6.07, 6.45) is -0.594. The predicted octanol–water partition coefficient (Wildman–Crippen LogP) is 3.56. The van der Waals surface area contributed by atoms with Gasteiger partial charge in [0.15, 0.2) is 0 Å². The van der Waals surface area contributed by atoms with E-state index in [1.54, 1.807) is 25.3 Å². The van der Waals surface area contributed by atoms with Gasteiger partial charge in [-0.3, -0.25) is 4.90 Å². The zero-order chi connectivity index (χ0) is 19.2. The molecule has 5 nitrogen and oxygen atoms in total. The molecule has 0 saturated carbocycles. The monoisotopic (exact) mass is 410 g/mol. The molecule has 1 aliphatic heterocycles. The van der Waals surface area contributed by atoms with Crippen LogP contribution in [0.5, 0.6) is 11.5 Å². The van der Waals surface area contributed by atoms with Crippen LogP contribution in [0.15, 0.2) is 42.5 Å². The Balaban J connectivity index is 1.45. The van der Waals surface area contributed by atoms with Crippen molar-refractivity contribution in [1.82, 2.24) is 4.90 Å². The molecule has 1 heterocycles. The molecule has 1 atom stereocenters. The summed E-state index contributed by atoms with van der Waals surface area (Å²) in [4.78, 5) is 4.57. The fourth-order valence-corrected chi connectivity index (χ4v) is 3.45. The average Bonchev–Trinajstić information content (AvgIpc) is 2.69. The molecule has 0 aromatic heterocycles. The topological polar surface area (TPSA) is 45.2 Å². The summed E-state index contributed by atoms with van der Waals surface area (Å²) in [5, 5.41) is 11.3. The third-order valence-electron chi connectivity index (χ3n) is 4.58. The Morgan fingerprint density at radius 3 is 2.59 bits per heavy atom. The SMILES string of the molecule is COc1cccc(N2CCN(CC(O)COc3cc(Cl)ccc3Cl)CC2)c1. The number of aliphatic hydroxyl groups excluding tert-OH is 1. The first-order valence-corrected chi connectivity index (χ1v) is 9.68. The molecule has 0 radical (unpaired) electrons. The van der Waals surface area contributed by atoms with E-state index in [2.05, 4.69) is 15.9 Å². The molecule has 0 amide bonds. The minimum atomic E-state index is -0.594. The first kappa shape index (κ1) is 20.1. The molecule has 7 heteroatoms. The molecule has 0 aliphatic carbocycles. The first-order chi connectivity index (χ1) is 13.0. The fraction of sp³-hybridized carbons (Fsp3) is 0.400. The van der Waals surface area contributed by atoms with Crippen LogP contribution in [0, 0.1) is 0 Å². The number of halogens is 2. The first-order valence-electron chi connectivity index (χ1n) is 8.92. The molecule has 1 aliphatic rings. The summed E-state index contributed by atoms with van der Waals surface area (Å²) in [6.45, 7) is 4.31. The van der Waals surface area contributed by atoms with Gasteiger partial charge in [0.1, 0.15) is 24.2 Å². The molecule has 2 aromatic rings. The van der Waals surface area contributed by atoms with E-state index in [1.807, 2.05) is 18.2 Å². The van der Waals surface area contributed by atoms with Crippen LogP contribution >= 0.6 is 23.2 Å². The maximum atomic E-state index is 10.3. The van der Waals surface area contributed by atoms with Crippen LogP contribution in [0.3, 0.4) is 0 Å². The Bertz CT molecular complexity index is 752. The van der Waals surface area contributed by atoms with E-state index in [1.165, 1.54) is 0 Å². The number of hydrogen-bond donors (Lipinski definition) is 1. The Kier molecular flexibility index (Phi) is 7.07. The van der Waals surface area contributed by atoms with Crippen LogP contribution in [-0.4, -0.2) is 62.6 Å². The van der Waals surface area contributed by atoms with E-state index < -0.39 is 6.10 Å². The molecule has 0 spiro atoms. The van der Waals surface area contributed by atoms with Crippen molar-refractivity contribution in [2.45, 2.75) is 6.10 Å². The number of aliphatic hydroxyl groups is 1. The standard InChI is InChI=1S/C20H24Cl2N2O3/c1-26-18-4-2-3-16(12-18)24-9-7-23(8-10-24)13-17(25)14-27-20-11-15(21)5-6-19(20)22/h2-6,11-12,17,25H,7-10,13-14H2,1H3. The van der Waals surface area contributed by atoms with Crippen LogP contribution in [0.4, 0.5) is 5.69 Å². The van der Waals surface area contributed by atoms with E-state index >= 15 is 0 Å². The second-order valence-electron chi connectivity index (χ2n) is 6.53. The number of β-amino-alcohol motifs (C(OH)–C–C–N with tert-alkyl or cyclic N) is 1. The molecule has 1 N–H and O–H groups in total. The third kappa shape index (κ3) is 5.66. The number of nitrogens with zero attached hydrogens (tertiary/aromatic N) is 2. The van der Waals surface area contributed by atoms with Crippen LogP contribution < -0.4 is 14.4 Å². The van der Waals surface area contributed by atoms with Crippen molar-refractivity contribution in [3.8, 4) is 11.5 Å². The Morgan fingerprint density at radius 2 is 1.85 bits per heavy atom. The minimum absolute atomic E-state index is 0.177. The van der Waals surface area contributed by atoms with Gasteiger partial charge in [-0.25, -0.2) is 0 Å². The number of anilines is 1. The van der Waals surface area contributed by atoms with Gasteiger partial charge < -0.3 is 19.5 Å². The maximum absolute atomic E-state index is 10.3. The van der Waals surface area contributed by atoms with Crippen LogP contribution in [0.1, 0.15) is 0 Å². The number of ether oxygens (including phenoxy) is 2. The van der Waals surface area contributed by atoms with Crippen molar-refractivity contribution >= 4 is 28.9 Å². The summed E-state index contributed by atoms with van der Waals surface area (Å²) in [5.74, 6) is 1.35. The van der Waals surface area contributed by atoms with Gasteiger partial charge in [0.05, 0.1) is 12.1 Å². The van der Waals surface area contributed by atoms with Gasteiger partial charge in [0.25, 0.3) is 0 Å². The largest absolute Gasteiger partial charge is 0.497 e. The summed E-state index contributed by atoms with van der Waals surface area (Å²) in [5.41, 5.74) is 1.16. The highest BCUT2D eigenvalue weighted by Gasteiger charge is 2.20. The molecular formula is C20H24Cl2N2O3. The van der Waals surface area contributed by atoms with Gasteiger partial charge >= 0.3 is 0 Å². The number of rotatable bonds is 7. The van der Waals surface area contributed by atoms with Crippen molar-refractivity contribution in [2.24, 2.45) is 0 Å². The van der Waals surface area contributed by atoms with Crippen molar-refractivity contribution < 1.29 is 14.6 Å². The molecule has 1 fully saturated rings. The van der Waals surface area contributed by atoms with Gasteiger partial charge in [-0.1, -0.05) is 29.3 Å². The average molecular weight is 411 g/mol. The molecule has 1 unspecified atom stereocenters. The normalized spacial score (nSPS) is 16.2. The van der Waals surface area contributed by atoms with Crippen LogP contribution in [0.25, 0.3) is 0 Å². The zero-order valence-electron chi connectivity index (χ0n) is 15.3. The predicted molar refractivity (Wildman–Crippen MR) is 110 cm³/mol. The highest BCUT2D eigenvalue weighted by molar-refractivity contribution is 6.34. The lowest BCUT2D eigenvalue weighted by Crippen LogP contribution is -2.49. The van der Waals surface area contributed by atoms with E-state index in [0.717, 1.165) is 37.6 Å². The molecule has 2 aromatic carbocycles. The van der Waals surface area contributed by atoms with Gasteiger partial charge in [-0.05, 0) is 24.3 Å². The number of hydrogen-bond acceptors (Lipinski definition) is 5. The summed E-state index contributed by atoms with van der Waals surface area (Å²) in [6, 6.07) is 13.1. The number of piperazine rings is 1. The highest BCUT2D eigenvalue weighted by atomic mass is 35.5. The van der Waals surface area contributed by atoms with E-state index in [0.29, 0.717) is 22.3 Å². The van der Waals surface area contributed by atoms with Crippen LogP contribution in [-0.2, 0) is 0 Å². The summed E-state index contributed by atoms with van der Waals surface area (Å²) < 4.78 is 10.9. The maximum Gasteiger partial charge on any atom is 0.139 e. The smallest absolute Gasteiger partial charge is 0.139 e. The van der Waals surface area contributed by atoms with Gasteiger partial charge in [-0.15, -0.1) is 0 Å². The lowest BCUT2D eigenvalue weighted by molar-refractivity contribution is 0.0663. The minimum Gasteiger partial charge on any atom is -0.497 e.